The highest BCUT2D eigenvalue weighted by Crippen LogP contribution is 2.36. The molecule has 2 saturated heterocycles. The molecule has 186 valence electrons. The minimum absolute atomic E-state index is 0.00913. The quantitative estimate of drug-likeness (QED) is 0.574. The zero-order valence-electron chi connectivity index (χ0n) is 18.1. The van der Waals surface area contributed by atoms with Gasteiger partial charge >= 0.3 is 18.4 Å². The average molecular weight is 485 g/mol. The first-order valence-corrected chi connectivity index (χ1v) is 10.6. The molecule has 2 heterocycles. The number of carbonyl (C=O) groups is 1. The fraction of sp³-hybridized carbons (Fsp3) is 0.667. The van der Waals surface area contributed by atoms with Crippen LogP contribution < -0.4 is 4.90 Å². The molecule has 0 N–H and O–H groups in total. The molecule has 2 fully saturated rings. The minimum Gasteiger partial charge on any atom is -0.426 e. The molecule has 5 nitrogen and oxygen atoms in total. The van der Waals surface area contributed by atoms with Crippen molar-refractivity contribution in [3.8, 4) is 0 Å². The maximum absolute atomic E-state index is 13.0. The summed E-state index contributed by atoms with van der Waals surface area (Å²) in [6.45, 7) is 3.83. The third-order valence-electron chi connectivity index (χ3n) is 5.92. The van der Waals surface area contributed by atoms with Crippen LogP contribution in [0.1, 0.15) is 17.5 Å². The van der Waals surface area contributed by atoms with Crippen LogP contribution in [0, 0.1) is 12.8 Å². The number of hydrogen-bond acceptors (Lipinski definition) is 4. The van der Waals surface area contributed by atoms with Gasteiger partial charge in [0.1, 0.15) is 0 Å². The number of carbonyl (C=O) groups excluding carboxylic acids is 1. The highest BCUT2D eigenvalue weighted by Gasteiger charge is 2.60. The van der Waals surface area contributed by atoms with Crippen LogP contribution in [0.2, 0.25) is 0 Å². The minimum atomic E-state index is -5.74. The van der Waals surface area contributed by atoms with Crippen LogP contribution in [0.3, 0.4) is 0 Å². The van der Waals surface area contributed by atoms with E-state index in [4.69, 9.17) is 0 Å². The average Bonchev–Trinajstić information content (AvgIpc) is 3.21. The fourth-order valence-corrected chi connectivity index (χ4v) is 4.10. The number of amides is 1. The molecule has 0 unspecified atom stereocenters. The van der Waals surface area contributed by atoms with Crippen LogP contribution in [0.4, 0.5) is 41.2 Å². The van der Waals surface area contributed by atoms with E-state index in [1.54, 1.807) is 0 Å². The van der Waals surface area contributed by atoms with Gasteiger partial charge in [0.25, 0.3) is 6.10 Å². The Kier molecular flexibility index (Phi) is 7.65. The Morgan fingerprint density at radius 2 is 1.70 bits per heavy atom. The van der Waals surface area contributed by atoms with Crippen molar-refractivity contribution in [2.45, 2.75) is 38.3 Å². The number of benzene rings is 1. The van der Waals surface area contributed by atoms with Gasteiger partial charge in [-0.25, -0.2) is 4.79 Å². The summed E-state index contributed by atoms with van der Waals surface area (Å²) in [5, 5.41) is 0. The Morgan fingerprint density at radius 1 is 1.06 bits per heavy atom. The second-order valence-corrected chi connectivity index (χ2v) is 8.50. The van der Waals surface area contributed by atoms with Gasteiger partial charge in [0.2, 0.25) is 0 Å². The molecule has 0 spiro atoms. The van der Waals surface area contributed by atoms with E-state index in [9.17, 15) is 35.5 Å². The molecule has 1 atom stereocenters. The number of hydrogen-bond donors (Lipinski definition) is 0. The highest BCUT2D eigenvalue weighted by atomic mass is 19.4. The molecule has 0 bridgehead atoms. The second kappa shape index (κ2) is 9.94. The lowest BCUT2D eigenvalue weighted by molar-refractivity contribution is -0.308. The molecular weight excluding hydrogens is 459 g/mol. The normalized spacial score (nSPS) is 20.6. The van der Waals surface area contributed by atoms with E-state index < -0.39 is 24.5 Å². The predicted octanol–water partition coefficient (Wildman–Crippen LogP) is 4.54. The Hall–Kier alpha value is -2.24. The Labute approximate surface area is 187 Å². The van der Waals surface area contributed by atoms with E-state index in [0.29, 0.717) is 13.1 Å². The van der Waals surface area contributed by atoms with Gasteiger partial charge in [-0.1, -0.05) is 12.1 Å². The summed E-state index contributed by atoms with van der Waals surface area (Å²) < 4.78 is 92.7. The molecule has 0 aliphatic carbocycles. The van der Waals surface area contributed by atoms with Crippen molar-refractivity contribution in [2.75, 3.05) is 50.8 Å². The van der Waals surface area contributed by atoms with Crippen LogP contribution in [-0.2, 0) is 11.3 Å². The van der Waals surface area contributed by atoms with Gasteiger partial charge in [0.05, 0.1) is 6.67 Å². The van der Waals surface area contributed by atoms with E-state index in [1.165, 1.54) is 0 Å². The first kappa shape index (κ1) is 25.4. The van der Waals surface area contributed by atoms with Crippen molar-refractivity contribution in [3.05, 3.63) is 29.3 Å². The van der Waals surface area contributed by atoms with Crippen LogP contribution >= 0.6 is 0 Å². The molecule has 0 aromatic heterocycles. The summed E-state index contributed by atoms with van der Waals surface area (Å²) >= 11 is 0. The largest absolute Gasteiger partial charge is 0.434 e. The zero-order chi connectivity index (χ0) is 24.4. The lowest BCUT2D eigenvalue weighted by Crippen LogP contribution is -2.52. The maximum atomic E-state index is 13.0. The summed E-state index contributed by atoms with van der Waals surface area (Å²) in [4.78, 5) is 16.9. The van der Waals surface area contributed by atoms with Crippen molar-refractivity contribution < 1.29 is 40.3 Å². The molecule has 33 heavy (non-hydrogen) atoms. The lowest BCUT2D eigenvalue weighted by Gasteiger charge is -2.36. The molecule has 2 aliphatic rings. The van der Waals surface area contributed by atoms with E-state index in [1.807, 2.05) is 30.0 Å². The number of anilines is 1. The molecule has 2 aliphatic heterocycles. The molecular formula is C21H26F7N3O2. The molecule has 12 heteroatoms. The SMILES string of the molecule is Cc1ccc(CN2CCN(C(=O)OC(C(F)(F)F)C(F)(F)F)CC2)c(N2CC[C@H](CF)C2)c1. The van der Waals surface area contributed by atoms with Gasteiger partial charge in [-0.3, -0.25) is 9.29 Å². The first-order chi connectivity index (χ1) is 15.4. The number of aryl methyl sites for hydroxylation is 1. The Balaban J connectivity index is 1.59. The van der Waals surface area contributed by atoms with Gasteiger partial charge in [-0.05, 0) is 30.5 Å². The van der Waals surface area contributed by atoms with E-state index in [2.05, 4.69) is 9.64 Å². The summed E-state index contributed by atoms with van der Waals surface area (Å²) in [5.41, 5.74) is 3.03. The monoisotopic (exact) mass is 485 g/mol. The smallest absolute Gasteiger partial charge is 0.426 e. The summed E-state index contributed by atoms with van der Waals surface area (Å²) in [7, 11) is 0. The van der Waals surface area contributed by atoms with Gasteiger partial charge in [0.15, 0.2) is 0 Å². The Bertz CT molecular complexity index is 809. The molecule has 3 rings (SSSR count). The van der Waals surface area contributed by atoms with Gasteiger partial charge < -0.3 is 14.5 Å². The number of nitrogens with zero attached hydrogens (tertiary/aromatic N) is 3. The number of ether oxygens (including phenoxy) is 1. The second-order valence-electron chi connectivity index (χ2n) is 8.50. The fourth-order valence-electron chi connectivity index (χ4n) is 4.10. The zero-order valence-corrected chi connectivity index (χ0v) is 18.1. The number of halogens is 7. The standard InChI is InChI=1S/C21H26F7N3O2/c1-14-2-3-16(17(10-14)31-5-4-15(11-22)12-31)13-29-6-8-30(9-7-29)19(32)33-18(20(23,24)25)21(26,27)28/h2-3,10,15,18H,4-9,11-13H2,1H3/t15-/m1/s1. The molecule has 0 radical (unpaired) electrons. The van der Waals surface area contributed by atoms with Crippen LogP contribution in [0.15, 0.2) is 18.2 Å². The van der Waals surface area contributed by atoms with Crippen LogP contribution in [0.5, 0.6) is 0 Å². The molecule has 1 amide bonds. The maximum Gasteiger partial charge on any atom is 0.434 e. The van der Waals surface area contributed by atoms with E-state index in [0.717, 1.165) is 34.7 Å². The van der Waals surface area contributed by atoms with Crippen LogP contribution in [-0.4, -0.2) is 80.3 Å². The van der Waals surface area contributed by atoms with Gasteiger partial charge in [-0.15, -0.1) is 0 Å². The van der Waals surface area contributed by atoms with Crippen molar-refractivity contribution in [1.29, 1.82) is 0 Å². The topological polar surface area (TPSA) is 36.0 Å². The number of piperazine rings is 1. The van der Waals surface area contributed by atoms with Gasteiger partial charge in [-0.2, -0.15) is 26.3 Å². The summed E-state index contributed by atoms with van der Waals surface area (Å²) in [5.74, 6) is -0.00913. The first-order valence-electron chi connectivity index (χ1n) is 10.6. The van der Waals surface area contributed by atoms with E-state index >= 15 is 0 Å². The number of alkyl halides is 7. The van der Waals surface area contributed by atoms with E-state index in [-0.39, 0.29) is 38.8 Å². The van der Waals surface area contributed by atoms with Crippen molar-refractivity contribution in [1.82, 2.24) is 9.80 Å². The summed E-state index contributed by atoms with van der Waals surface area (Å²) in [6.07, 6.45) is -16.5. The predicted molar refractivity (Wildman–Crippen MR) is 107 cm³/mol. The molecule has 0 saturated carbocycles. The van der Waals surface area contributed by atoms with Crippen molar-refractivity contribution in [2.24, 2.45) is 5.92 Å². The highest BCUT2D eigenvalue weighted by molar-refractivity contribution is 5.68. The molecule has 1 aromatic carbocycles. The third kappa shape index (κ3) is 6.42. The van der Waals surface area contributed by atoms with Crippen molar-refractivity contribution >= 4 is 11.8 Å². The summed E-state index contributed by atoms with van der Waals surface area (Å²) in [6, 6.07) is 5.94. The van der Waals surface area contributed by atoms with Gasteiger partial charge in [0, 0.05) is 57.4 Å². The number of rotatable bonds is 5. The Morgan fingerprint density at radius 3 is 2.24 bits per heavy atom. The lowest BCUT2D eigenvalue weighted by atomic mass is 10.1. The van der Waals surface area contributed by atoms with Crippen LogP contribution in [0.25, 0.3) is 0 Å². The third-order valence-corrected chi connectivity index (χ3v) is 5.92. The molecule has 1 aromatic rings. The van der Waals surface area contributed by atoms with Crippen molar-refractivity contribution in [3.63, 3.8) is 0 Å².